The van der Waals surface area contributed by atoms with Gasteiger partial charge in [-0.25, -0.2) is 0 Å². The number of carbonyl (C=O) groups excluding carboxylic acids is 1. The van der Waals surface area contributed by atoms with Crippen molar-refractivity contribution in [2.24, 2.45) is 0 Å². The number of nitrogens with zero attached hydrogens (tertiary/aromatic N) is 2. The Labute approximate surface area is 147 Å². The molecule has 0 fully saturated rings. The Morgan fingerprint density at radius 3 is 2.68 bits per heavy atom. The second-order valence-electron chi connectivity index (χ2n) is 6.41. The molecule has 0 aromatic carbocycles. The minimum Gasteiger partial charge on any atom is -0.466 e. The van der Waals surface area contributed by atoms with Crippen LogP contribution in [0.2, 0.25) is 0 Å². The fourth-order valence-electron chi connectivity index (χ4n) is 3.44. The van der Waals surface area contributed by atoms with E-state index in [1.807, 2.05) is 24.8 Å². The molecule has 6 heteroatoms. The summed E-state index contributed by atoms with van der Waals surface area (Å²) in [7, 11) is 1.63. The molecule has 0 unspecified atom stereocenters. The van der Waals surface area contributed by atoms with E-state index in [1.165, 1.54) is 0 Å². The molecule has 0 radical (unpaired) electrons. The zero-order valence-electron chi connectivity index (χ0n) is 15.0. The Hall–Kier alpha value is -2.34. The van der Waals surface area contributed by atoms with Gasteiger partial charge in [-0.05, 0) is 31.9 Å². The Kier molecular flexibility index (Phi) is 5.08. The molecule has 0 saturated carbocycles. The van der Waals surface area contributed by atoms with Gasteiger partial charge < -0.3 is 18.6 Å². The Bertz CT molecular complexity index is 834. The van der Waals surface area contributed by atoms with Crippen molar-refractivity contribution in [2.75, 3.05) is 26.8 Å². The van der Waals surface area contributed by atoms with Crippen molar-refractivity contribution in [3.8, 4) is 0 Å². The molecular weight excluding hydrogens is 320 g/mol. The topological polar surface area (TPSA) is 64.7 Å². The first-order chi connectivity index (χ1) is 12.0. The van der Waals surface area contributed by atoms with Gasteiger partial charge in [0, 0.05) is 44.9 Å². The average molecular weight is 344 g/mol. The van der Waals surface area contributed by atoms with E-state index >= 15 is 0 Å². The fourth-order valence-corrected chi connectivity index (χ4v) is 3.44. The van der Waals surface area contributed by atoms with Gasteiger partial charge in [-0.2, -0.15) is 0 Å². The molecule has 1 amide bonds. The number of carbonyl (C=O) groups is 1. The van der Waals surface area contributed by atoms with Gasteiger partial charge in [0.25, 0.3) is 11.5 Å². The molecule has 0 bridgehead atoms. The molecule has 0 spiro atoms. The maximum Gasteiger partial charge on any atom is 0.257 e. The van der Waals surface area contributed by atoms with Crippen LogP contribution in [0.1, 0.15) is 33.1 Å². The van der Waals surface area contributed by atoms with Crippen LogP contribution in [0.15, 0.2) is 27.4 Å². The number of fused-ring (bicyclic) bond motifs is 1. The number of methoxy groups -OCH3 is 1. The number of aromatic nitrogens is 1. The lowest BCUT2D eigenvalue weighted by Gasteiger charge is -2.20. The molecule has 0 aliphatic carbocycles. The van der Waals surface area contributed by atoms with Crippen molar-refractivity contribution < 1.29 is 13.9 Å². The predicted octanol–water partition coefficient (Wildman–Crippen LogP) is 1.95. The van der Waals surface area contributed by atoms with Crippen molar-refractivity contribution in [1.82, 2.24) is 9.47 Å². The van der Waals surface area contributed by atoms with Crippen LogP contribution in [0.25, 0.3) is 0 Å². The quantitative estimate of drug-likeness (QED) is 0.850. The molecule has 25 heavy (non-hydrogen) atoms. The minimum absolute atomic E-state index is 0.00653. The number of furan rings is 1. The van der Waals surface area contributed by atoms with Crippen LogP contribution in [0, 0.1) is 13.8 Å². The first-order valence-electron chi connectivity index (χ1n) is 8.58. The van der Waals surface area contributed by atoms with Gasteiger partial charge >= 0.3 is 0 Å². The third-order valence-electron chi connectivity index (χ3n) is 4.74. The van der Waals surface area contributed by atoms with Crippen LogP contribution in [0.4, 0.5) is 0 Å². The van der Waals surface area contributed by atoms with Crippen LogP contribution >= 0.6 is 0 Å². The summed E-state index contributed by atoms with van der Waals surface area (Å²) in [5.74, 6) is 1.39. The second-order valence-corrected chi connectivity index (χ2v) is 6.41. The molecule has 3 rings (SSSR count). The summed E-state index contributed by atoms with van der Waals surface area (Å²) in [5.41, 5.74) is 2.75. The van der Waals surface area contributed by atoms with Crippen LogP contribution in [0.3, 0.4) is 0 Å². The number of ether oxygens (including phenoxy) is 1. The highest BCUT2D eigenvalue weighted by molar-refractivity contribution is 5.95. The Morgan fingerprint density at radius 1 is 1.24 bits per heavy atom. The highest BCUT2D eigenvalue weighted by Crippen LogP contribution is 2.20. The standard InChI is InChI=1S/C19H24N2O4/c1-13-12-16(14(2)25-13)19(23)20-8-6-15-4-5-18(22)21(10-11-24-3)17(15)7-9-20/h4-5,12H,6-11H2,1-3H3. The molecule has 6 nitrogen and oxygen atoms in total. The van der Waals surface area contributed by atoms with Gasteiger partial charge in [0.1, 0.15) is 11.5 Å². The molecule has 1 aliphatic rings. The molecule has 134 valence electrons. The summed E-state index contributed by atoms with van der Waals surface area (Å²) in [6, 6.07) is 5.29. The summed E-state index contributed by atoms with van der Waals surface area (Å²) in [6.07, 6.45) is 1.40. The third-order valence-corrected chi connectivity index (χ3v) is 4.74. The normalized spacial score (nSPS) is 14.3. The average Bonchev–Trinajstić information content (AvgIpc) is 2.80. The van der Waals surface area contributed by atoms with Gasteiger partial charge in [0.15, 0.2) is 0 Å². The number of rotatable bonds is 4. The lowest BCUT2D eigenvalue weighted by atomic mass is 10.1. The monoisotopic (exact) mass is 344 g/mol. The maximum atomic E-state index is 12.8. The van der Waals surface area contributed by atoms with Crippen molar-refractivity contribution in [1.29, 1.82) is 0 Å². The number of amides is 1. The van der Waals surface area contributed by atoms with E-state index in [-0.39, 0.29) is 11.5 Å². The van der Waals surface area contributed by atoms with Gasteiger partial charge in [0.2, 0.25) is 0 Å². The third kappa shape index (κ3) is 3.54. The fraction of sp³-hybridized carbons (Fsp3) is 0.474. The highest BCUT2D eigenvalue weighted by atomic mass is 16.5. The van der Waals surface area contributed by atoms with E-state index in [4.69, 9.17) is 9.15 Å². The summed E-state index contributed by atoms with van der Waals surface area (Å²) in [6.45, 7) is 5.91. The van der Waals surface area contributed by atoms with Crippen LogP contribution < -0.4 is 5.56 Å². The lowest BCUT2D eigenvalue weighted by Crippen LogP contribution is -2.33. The minimum atomic E-state index is -0.0168. The molecule has 0 atom stereocenters. The molecule has 2 aromatic rings. The summed E-state index contributed by atoms with van der Waals surface area (Å²) in [5, 5.41) is 0. The van der Waals surface area contributed by atoms with Gasteiger partial charge in [-0.15, -0.1) is 0 Å². The van der Waals surface area contributed by atoms with Crippen LogP contribution in [-0.4, -0.2) is 42.2 Å². The molecule has 1 aliphatic heterocycles. The molecule has 0 N–H and O–H groups in total. The Balaban J connectivity index is 1.83. The second kappa shape index (κ2) is 7.27. The van der Waals surface area contributed by atoms with Crippen molar-refractivity contribution in [3.63, 3.8) is 0 Å². The smallest absolute Gasteiger partial charge is 0.257 e. The summed E-state index contributed by atoms with van der Waals surface area (Å²) < 4.78 is 12.4. The van der Waals surface area contributed by atoms with Crippen molar-refractivity contribution >= 4 is 5.91 Å². The van der Waals surface area contributed by atoms with Gasteiger partial charge in [-0.1, -0.05) is 6.07 Å². The molecule has 2 aromatic heterocycles. The van der Waals surface area contributed by atoms with Crippen LogP contribution in [-0.2, 0) is 24.1 Å². The molecule has 3 heterocycles. The predicted molar refractivity (Wildman–Crippen MR) is 94.1 cm³/mol. The number of pyridine rings is 1. The largest absolute Gasteiger partial charge is 0.466 e. The van der Waals surface area contributed by atoms with Crippen molar-refractivity contribution in [3.05, 3.63) is 56.9 Å². The zero-order valence-corrected chi connectivity index (χ0v) is 15.0. The van der Waals surface area contributed by atoms with Crippen molar-refractivity contribution in [2.45, 2.75) is 33.2 Å². The lowest BCUT2D eigenvalue weighted by molar-refractivity contribution is 0.0761. The van der Waals surface area contributed by atoms with E-state index in [9.17, 15) is 9.59 Å². The zero-order chi connectivity index (χ0) is 18.0. The van der Waals surface area contributed by atoms with E-state index in [2.05, 4.69) is 0 Å². The molecule has 0 saturated heterocycles. The van der Waals surface area contributed by atoms with E-state index in [1.54, 1.807) is 23.8 Å². The van der Waals surface area contributed by atoms with Gasteiger partial charge in [0.05, 0.1) is 12.2 Å². The summed E-state index contributed by atoms with van der Waals surface area (Å²) in [4.78, 5) is 26.9. The SMILES string of the molecule is COCCn1c2c(ccc1=O)CCN(C(=O)c1cc(C)oc1C)CC2. The maximum absolute atomic E-state index is 12.8. The molecular formula is C19H24N2O4. The van der Waals surface area contributed by atoms with Crippen LogP contribution in [0.5, 0.6) is 0 Å². The Morgan fingerprint density at radius 2 is 2.00 bits per heavy atom. The van der Waals surface area contributed by atoms with E-state index in [0.717, 1.165) is 23.4 Å². The first-order valence-corrected chi connectivity index (χ1v) is 8.58. The highest BCUT2D eigenvalue weighted by Gasteiger charge is 2.24. The van der Waals surface area contributed by atoms with Gasteiger partial charge in [-0.3, -0.25) is 9.59 Å². The number of aryl methyl sites for hydroxylation is 2. The number of hydrogen-bond acceptors (Lipinski definition) is 4. The summed E-state index contributed by atoms with van der Waals surface area (Å²) >= 11 is 0. The number of hydrogen-bond donors (Lipinski definition) is 0. The first kappa shape index (κ1) is 17.5. The van der Waals surface area contributed by atoms with E-state index in [0.29, 0.717) is 44.0 Å². The van der Waals surface area contributed by atoms with E-state index < -0.39 is 0 Å².